The lowest BCUT2D eigenvalue weighted by Crippen LogP contribution is -2.43. The Morgan fingerprint density at radius 1 is 1.09 bits per heavy atom. The molecule has 0 spiro atoms. The summed E-state index contributed by atoms with van der Waals surface area (Å²) in [4.78, 5) is 50.1. The summed E-state index contributed by atoms with van der Waals surface area (Å²) in [6, 6.07) is 12.8. The third-order valence-corrected chi connectivity index (χ3v) is 4.80. The molecule has 0 amide bonds. The van der Waals surface area contributed by atoms with Gasteiger partial charge in [-0.3, -0.25) is 18.7 Å². The molecule has 3 N–H and O–H groups in total. The maximum absolute atomic E-state index is 12.7. The summed E-state index contributed by atoms with van der Waals surface area (Å²) >= 11 is 0. The number of nitrogen functional groups attached to an aromatic ring is 1. The van der Waals surface area contributed by atoms with E-state index in [-0.39, 0.29) is 17.9 Å². The van der Waals surface area contributed by atoms with Gasteiger partial charge >= 0.3 is 11.7 Å². The predicted molar refractivity (Wildman–Crippen MR) is 115 cm³/mol. The minimum absolute atomic E-state index is 0.0411. The van der Waals surface area contributed by atoms with Crippen LogP contribution in [0.3, 0.4) is 0 Å². The van der Waals surface area contributed by atoms with Crippen molar-refractivity contribution in [2.24, 2.45) is 7.05 Å². The number of rotatable bonds is 7. The van der Waals surface area contributed by atoms with E-state index >= 15 is 0 Å². The molecule has 0 unspecified atom stereocenters. The molecule has 0 aliphatic rings. The minimum Gasteiger partial charge on any atom is -0.507 e. The smallest absolute Gasteiger partial charge is 0.342 e. The monoisotopic (exact) mass is 439 g/mol. The normalized spacial score (nSPS) is 10.6. The van der Waals surface area contributed by atoms with Crippen molar-refractivity contribution in [1.29, 1.82) is 0 Å². The molecule has 0 atom stereocenters. The summed E-state index contributed by atoms with van der Waals surface area (Å²) in [7, 11) is 2.62. The number of hydrogen-bond donors (Lipinski definition) is 2. The van der Waals surface area contributed by atoms with E-state index < -0.39 is 40.9 Å². The Morgan fingerprint density at radius 2 is 1.78 bits per heavy atom. The van der Waals surface area contributed by atoms with Crippen LogP contribution in [0.4, 0.5) is 5.82 Å². The second-order valence-electron chi connectivity index (χ2n) is 6.86. The van der Waals surface area contributed by atoms with Crippen molar-refractivity contribution >= 4 is 17.6 Å². The number of aromatic hydroxyl groups is 1. The van der Waals surface area contributed by atoms with Gasteiger partial charge in [0.1, 0.15) is 28.4 Å². The first-order chi connectivity index (χ1) is 15.2. The Balaban J connectivity index is 1.87. The van der Waals surface area contributed by atoms with Gasteiger partial charge in [-0.25, -0.2) is 9.59 Å². The molecule has 10 nitrogen and oxygen atoms in total. The molecular weight excluding hydrogens is 418 g/mol. The van der Waals surface area contributed by atoms with Crippen molar-refractivity contribution < 1.29 is 24.2 Å². The lowest BCUT2D eigenvalue weighted by molar-refractivity contribution is 0.0471. The Kier molecular flexibility index (Phi) is 6.43. The first kappa shape index (κ1) is 22.3. The number of carbonyl (C=O) groups is 2. The molecule has 32 heavy (non-hydrogen) atoms. The molecule has 3 rings (SSSR count). The lowest BCUT2D eigenvalue weighted by Gasteiger charge is -2.15. The fourth-order valence-electron chi connectivity index (χ4n) is 3.06. The Morgan fingerprint density at radius 3 is 2.41 bits per heavy atom. The van der Waals surface area contributed by atoms with E-state index in [1.54, 1.807) is 30.3 Å². The van der Waals surface area contributed by atoms with Gasteiger partial charge in [-0.2, -0.15) is 0 Å². The van der Waals surface area contributed by atoms with Crippen LogP contribution in [-0.4, -0.2) is 39.7 Å². The molecule has 0 saturated heterocycles. The summed E-state index contributed by atoms with van der Waals surface area (Å²) in [5, 5.41) is 9.93. The minimum atomic E-state index is -0.980. The molecule has 1 aromatic heterocycles. The van der Waals surface area contributed by atoms with Crippen LogP contribution in [0.2, 0.25) is 0 Å². The van der Waals surface area contributed by atoms with Gasteiger partial charge in [-0.15, -0.1) is 0 Å². The summed E-state index contributed by atoms with van der Waals surface area (Å²) in [5.41, 5.74) is 4.51. The van der Waals surface area contributed by atoms with Crippen molar-refractivity contribution in [3.05, 3.63) is 86.1 Å². The molecule has 3 aromatic rings. The zero-order valence-corrected chi connectivity index (χ0v) is 17.4. The molecule has 0 fully saturated rings. The molecule has 0 aliphatic heterocycles. The van der Waals surface area contributed by atoms with E-state index in [0.29, 0.717) is 5.75 Å². The highest BCUT2D eigenvalue weighted by atomic mass is 16.5. The molecule has 10 heteroatoms. The highest BCUT2D eigenvalue weighted by Crippen LogP contribution is 2.24. The number of nitrogens with two attached hydrogens (primary N) is 1. The van der Waals surface area contributed by atoms with Gasteiger partial charge in [0, 0.05) is 13.1 Å². The molecule has 1 heterocycles. The highest BCUT2D eigenvalue weighted by Gasteiger charge is 2.23. The van der Waals surface area contributed by atoms with Crippen LogP contribution in [0.25, 0.3) is 0 Å². The van der Waals surface area contributed by atoms with Gasteiger partial charge < -0.3 is 20.3 Å². The first-order valence-corrected chi connectivity index (χ1v) is 9.45. The zero-order chi connectivity index (χ0) is 23.4. The average molecular weight is 439 g/mol. The van der Waals surface area contributed by atoms with Crippen LogP contribution in [0.1, 0.15) is 26.3 Å². The van der Waals surface area contributed by atoms with Gasteiger partial charge in [0.2, 0.25) is 5.78 Å². The SMILES string of the molecule is COc1ccc(C(=O)OCC(=O)c2c(N)n(Cc3ccccc3)c(=O)n(C)c2=O)c(O)c1. The largest absolute Gasteiger partial charge is 0.507 e. The fourth-order valence-corrected chi connectivity index (χ4v) is 3.06. The second-order valence-corrected chi connectivity index (χ2v) is 6.86. The average Bonchev–Trinajstić information content (AvgIpc) is 2.79. The van der Waals surface area contributed by atoms with Crippen LogP contribution >= 0.6 is 0 Å². The van der Waals surface area contributed by atoms with E-state index in [0.717, 1.165) is 14.7 Å². The van der Waals surface area contributed by atoms with Crippen LogP contribution in [0.15, 0.2) is 58.1 Å². The standard InChI is InChI=1S/C22H21N3O7/c1-24-20(28)18(19(23)25(22(24)30)11-13-6-4-3-5-7-13)17(27)12-32-21(29)15-9-8-14(31-2)10-16(15)26/h3-10,26H,11-12,23H2,1-2H3. The third kappa shape index (κ3) is 4.38. The number of phenols is 1. The number of aromatic nitrogens is 2. The topological polar surface area (TPSA) is 143 Å². The molecule has 0 bridgehead atoms. The van der Waals surface area contributed by atoms with E-state index in [1.807, 2.05) is 0 Å². The van der Waals surface area contributed by atoms with Gasteiger partial charge in [-0.05, 0) is 17.7 Å². The van der Waals surface area contributed by atoms with Crippen LogP contribution in [0, 0.1) is 0 Å². The van der Waals surface area contributed by atoms with Gasteiger partial charge in [0.15, 0.2) is 6.61 Å². The Bertz CT molecular complexity index is 1290. The Labute approximate surface area is 182 Å². The van der Waals surface area contributed by atoms with Crippen molar-refractivity contribution in [2.75, 3.05) is 19.5 Å². The maximum Gasteiger partial charge on any atom is 0.342 e. The molecule has 166 valence electrons. The molecular formula is C22H21N3O7. The summed E-state index contributed by atoms with van der Waals surface area (Å²) in [5.74, 6) is -2.26. The quantitative estimate of drug-likeness (QED) is 0.409. The van der Waals surface area contributed by atoms with E-state index in [9.17, 15) is 24.3 Å². The number of Topliss-reactive ketones (excluding diaryl/α,β-unsaturated/α-hetero) is 1. The van der Waals surface area contributed by atoms with Gasteiger partial charge in [0.25, 0.3) is 5.56 Å². The number of hydrogen-bond acceptors (Lipinski definition) is 8. The summed E-state index contributed by atoms with van der Waals surface area (Å²) < 4.78 is 11.8. The van der Waals surface area contributed by atoms with Crippen molar-refractivity contribution in [3.8, 4) is 11.5 Å². The summed E-state index contributed by atoms with van der Waals surface area (Å²) in [6.07, 6.45) is 0. The fraction of sp³-hybridized carbons (Fsp3) is 0.182. The number of methoxy groups -OCH3 is 1. The molecule has 0 saturated carbocycles. The molecule has 2 aromatic carbocycles. The Hall–Kier alpha value is -4.34. The number of ketones is 1. The van der Waals surface area contributed by atoms with E-state index in [4.69, 9.17) is 15.2 Å². The van der Waals surface area contributed by atoms with Crippen LogP contribution < -0.4 is 21.7 Å². The number of phenolic OH excluding ortho intramolecular Hbond substituents is 1. The zero-order valence-electron chi connectivity index (χ0n) is 17.4. The first-order valence-electron chi connectivity index (χ1n) is 9.45. The van der Waals surface area contributed by atoms with E-state index in [1.165, 1.54) is 32.4 Å². The lowest BCUT2D eigenvalue weighted by atomic mass is 10.1. The van der Waals surface area contributed by atoms with Crippen molar-refractivity contribution in [3.63, 3.8) is 0 Å². The van der Waals surface area contributed by atoms with Crippen molar-refractivity contribution in [2.45, 2.75) is 6.54 Å². The number of nitrogens with zero attached hydrogens (tertiary/aromatic N) is 2. The number of benzene rings is 2. The maximum atomic E-state index is 12.7. The van der Waals surface area contributed by atoms with Crippen LogP contribution in [-0.2, 0) is 18.3 Å². The number of esters is 1. The van der Waals surface area contributed by atoms with Gasteiger partial charge in [-0.1, -0.05) is 30.3 Å². The number of anilines is 1. The van der Waals surface area contributed by atoms with Gasteiger partial charge in [0.05, 0.1) is 13.7 Å². The van der Waals surface area contributed by atoms with E-state index in [2.05, 4.69) is 0 Å². The second kappa shape index (κ2) is 9.21. The predicted octanol–water partition coefficient (Wildman–Crippen LogP) is 0.931. The molecule has 0 aliphatic carbocycles. The van der Waals surface area contributed by atoms with Crippen molar-refractivity contribution in [1.82, 2.24) is 9.13 Å². The third-order valence-electron chi connectivity index (χ3n) is 4.80. The summed E-state index contributed by atoms with van der Waals surface area (Å²) in [6.45, 7) is -0.771. The van der Waals surface area contributed by atoms with Crippen LogP contribution in [0.5, 0.6) is 11.5 Å². The highest BCUT2D eigenvalue weighted by molar-refractivity contribution is 6.02. The number of carbonyl (C=O) groups excluding carboxylic acids is 2. The molecule has 0 radical (unpaired) electrons. The number of ether oxygens (including phenoxy) is 2.